The second kappa shape index (κ2) is 14.0. The van der Waals surface area contributed by atoms with Crippen LogP contribution in [0.2, 0.25) is 0 Å². The number of hydrogen-bond acceptors (Lipinski definition) is 0. The van der Waals surface area contributed by atoms with Gasteiger partial charge in [-0.3, -0.25) is 0 Å². The second-order valence-electron chi connectivity index (χ2n) is 15.6. The van der Waals surface area contributed by atoms with Crippen molar-refractivity contribution in [1.82, 2.24) is 4.57 Å². The van der Waals surface area contributed by atoms with E-state index in [9.17, 15) is 0 Å². The Labute approximate surface area is 334 Å². The van der Waals surface area contributed by atoms with Crippen LogP contribution >= 0.6 is 0 Å². The first-order chi connectivity index (χ1) is 28.2. The van der Waals surface area contributed by atoms with E-state index >= 15 is 0 Å². The summed E-state index contributed by atoms with van der Waals surface area (Å²) in [6.07, 6.45) is 7.78. The zero-order valence-corrected chi connectivity index (χ0v) is 31.8. The fraction of sp³-hybridized carbons (Fsp3) is 0.0714. The summed E-state index contributed by atoms with van der Waals surface area (Å²) in [7, 11) is 0. The maximum Gasteiger partial charge on any atom is 0.0541 e. The first-order valence-corrected chi connectivity index (χ1v) is 20.2. The normalized spacial score (nSPS) is 14.8. The molecule has 9 aromatic rings. The molecule has 0 amide bonds. The van der Waals surface area contributed by atoms with Crippen molar-refractivity contribution < 1.29 is 0 Å². The molecule has 8 aromatic carbocycles. The Morgan fingerprint density at radius 1 is 0.386 bits per heavy atom. The molecule has 0 aliphatic heterocycles. The molecule has 0 unspecified atom stereocenters. The zero-order chi connectivity index (χ0) is 37.7. The number of benzene rings is 8. The number of rotatable bonds is 6. The monoisotopic (exact) mass is 727 g/mol. The van der Waals surface area contributed by atoms with Crippen LogP contribution in [-0.2, 0) is 6.42 Å². The summed E-state index contributed by atoms with van der Waals surface area (Å²) in [4.78, 5) is 0. The molecule has 1 heteroatoms. The molecule has 1 nitrogen and oxygen atoms in total. The second-order valence-corrected chi connectivity index (χ2v) is 15.6. The summed E-state index contributed by atoms with van der Waals surface area (Å²) in [5.74, 6) is 0.322. The standard InChI is InChI=1S/C56H41N/c1-3-11-38(12-4-1)40-19-21-41(22-20-40)42-23-25-44(26-24-42)52-37-47-28-27-45(35-53(47)50-16-8-7-15-49(50)52)46-31-34-56-54(36-46)51-17-9-10-18-55(51)57(56)48-32-29-43(30-33-48)39-13-5-2-6-14-39/h1-19,21,23-36,52H,20,22,37H2/t52-/m1/s1. The van der Waals surface area contributed by atoms with Gasteiger partial charge in [0, 0.05) is 22.4 Å². The van der Waals surface area contributed by atoms with Gasteiger partial charge in [0.25, 0.3) is 0 Å². The van der Waals surface area contributed by atoms with E-state index in [-0.39, 0.29) is 0 Å². The maximum atomic E-state index is 2.43. The van der Waals surface area contributed by atoms with Crippen molar-refractivity contribution in [3.8, 4) is 39.1 Å². The lowest BCUT2D eigenvalue weighted by Gasteiger charge is -2.29. The van der Waals surface area contributed by atoms with Gasteiger partial charge in [0.2, 0.25) is 0 Å². The molecule has 270 valence electrons. The molecule has 57 heavy (non-hydrogen) atoms. The number of para-hydroxylation sites is 1. The number of aromatic nitrogens is 1. The van der Waals surface area contributed by atoms with Crippen LogP contribution in [0.15, 0.2) is 206 Å². The minimum atomic E-state index is 0.322. The van der Waals surface area contributed by atoms with Gasteiger partial charge in [0.15, 0.2) is 0 Å². The molecule has 0 saturated heterocycles. The smallest absolute Gasteiger partial charge is 0.0541 e. The molecule has 1 heterocycles. The molecule has 0 fully saturated rings. The van der Waals surface area contributed by atoms with Crippen molar-refractivity contribution in [2.75, 3.05) is 0 Å². The first kappa shape index (κ1) is 33.4. The van der Waals surface area contributed by atoms with Crippen molar-refractivity contribution in [2.24, 2.45) is 0 Å². The topological polar surface area (TPSA) is 4.93 Å². The molecule has 0 saturated carbocycles. The van der Waals surface area contributed by atoms with Gasteiger partial charge in [-0.15, -0.1) is 0 Å². The lowest BCUT2D eigenvalue weighted by molar-refractivity contribution is 0.793. The van der Waals surface area contributed by atoms with E-state index in [1.807, 2.05) is 0 Å². The fourth-order valence-electron chi connectivity index (χ4n) is 9.42. The Bertz CT molecular complexity index is 3000. The van der Waals surface area contributed by atoms with Gasteiger partial charge in [-0.2, -0.15) is 0 Å². The third-order valence-corrected chi connectivity index (χ3v) is 12.4. The van der Waals surface area contributed by atoms with Crippen LogP contribution in [-0.4, -0.2) is 4.57 Å². The average Bonchev–Trinajstić information content (AvgIpc) is 3.63. The number of fused-ring (bicyclic) bond motifs is 6. The molecule has 0 bridgehead atoms. The van der Waals surface area contributed by atoms with Crippen molar-refractivity contribution in [3.05, 3.63) is 234 Å². The van der Waals surface area contributed by atoms with Crippen molar-refractivity contribution in [3.63, 3.8) is 0 Å². The Morgan fingerprint density at radius 3 is 1.70 bits per heavy atom. The van der Waals surface area contributed by atoms with Gasteiger partial charge in [-0.1, -0.05) is 170 Å². The molecular formula is C56H41N. The van der Waals surface area contributed by atoms with Crippen LogP contribution in [0, 0.1) is 0 Å². The SMILES string of the molecule is C1=C(c2ccccc2)CCC(c2ccc([C@H]3Cc4ccc(-c5ccc6c(c5)c5ccccc5n6-c5ccc(-c6ccccc6)cc5)cc4-c4ccccc43)cc2)=C1. The average molecular weight is 728 g/mol. The van der Waals surface area contributed by atoms with Gasteiger partial charge < -0.3 is 4.57 Å². The molecule has 0 radical (unpaired) electrons. The largest absolute Gasteiger partial charge is 0.309 e. The summed E-state index contributed by atoms with van der Waals surface area (Å²) in [6, 6.07) is 71.8. The Balaban J connectivity index is 0.906. The lowest BCUT2D eigenvalue weighted by atomic mass is 9.75. The minimum absolute atomic E-state index is 0.322. The van der Waals surface area contributed by atoms with Gasteiger partial charge in [0.05, 0.1) is 11.0 Å². The molecule has 1 aromatic heterocycles. The van der Waals surface area contributed by atoms with E-state index in [2.05, 4.69) is 211 Å². The highest BCUT2D eigenvalue weighted by atomic mass is 15.0. The van der Waals surface area contributed by atoms with E-state index in [4.69, 9.17) is 0 Å². The predicted molar refractivity (Wildman–Crippen MR) is 241 cm³/mol. The van der Waals surface area contributed by atoms with E-state index in [0.29, 0.717) is 5.92 Å². The summed E-state index contributed by atoms with van der Waals surface area (Å²) in [5, 5.41) is 2.54. The molecule has 0 N–H and O–H groups in total. The molecule has 1 atom stereocenters. The van der Waals surface area contributed by atoms with Crippen molar-refractivity contribution in [1.29, 1.82) is 0 Å². The summed E-state index contributed by atoms with van der Waals surface area (Å²) in [6.45, 7) is 0. The van der Waals surface area contributed by atoms with Gasteiger partial charge in [-0.25, -0.2) is 0 Å². The molecule has 2 aliphatic carbocycles. The van der Waals surface area contributed by atoms with Crippen molar-refractivity contribution in [2.45, 2.75) is 25.2 Å². The summed E-state index contributed by atoms with van der Waals surface area (Å²) < 4.78 is 2.41. The molecule has 0 spiro atoms. The highest BCUT2D eigenvalue weighted by Crippen LogP contribution is 2.45. The van der Waals surface area contributed by atoms with Crippen LogP contribution in [0.4, 0.5) is 0 Å². The first-order valence-electron chi connectivity index (χ1n) is 20.2. The van der Waals surface area contributed by atoms with Crippen LogP contribution in [0.1, 0.15) is 46.6 Å². The summed E-state index contributed by atoms with van der Waals surface area (Å²) in [5.41, 5.74) is 21.0. The molecular weight excluding hydrogens is 687 g/mol. The number of nitrogens with zero attached hydrogens (tertiary/aromatic N) is 1. The van der Waals surface area contributed by atoms with Crippen LogP contribution in [0.3, 0.4) is 0 Å². The third-order valence-electron chi connectivity index (χ3n) is 12.4. The van der Waals surface area contributed by atoms with Crippen molar-refractivity contribution >= 4 is 33.0 Å². The van der Waals surface area contributed by atoms with E-state index < -0.39 is 0 Å². The van der Waals surface area contributed by atoms with E-state index in [0.717, 1.165) is 19.3 Å². The lowest BCUT2D eigenvalue weighted by Crippen LogP contribution is -2.12. The van der Waals surface area contributed by atoms with Gasteiger partial charge in [-0.05, 0) is 128 Å². The Morgan fingerprint density at radius 2 is 0.947 bits per heavy atom. The van der Waals surface area contributed by atoms with E-state index in [1.54, 1.807) is 0 Å². The van der Waals surface area contributed by atoms with Crippen LogP contribution < -0.4 is 0 Å². The zero-order valence-electron chi connectivity index (χ0n) is 31.8. The quantitative estimate of drug-likeness (QED) is 0.161. The van der Waals surface area contributed by atoms with E-state index in [1.165, 1.54) is 99.8 Å². The predicted octanol–water partition coefficient (Wildman–Crippen LogP) is 14.7. The maximum absolute atomic E-state index is 2.43. The van der Waals surface area contributed by atoms with Gasteiger partial charge in [0.1, 0.15) is 0 Å². The fourth-order valence-corrected chi connectivity index (χ4v) is 9.42. The van der Waals surface area contributed by atoms with Gasteiger partial charge >= 0.3 is 0 Å². The molecule has 11 rings (SSSR count). The Hall–Kier alpha value is -6.96. The Kier molecular flexibility index (Phi) is 8.18. The highest BCUT2D eigenvalue weighted by molar-refractivity contribution is 6.10. The minimum Gasteiger partial charge on any atom is -0.309 e. The highest BCUT2D eigenvalue weighted by Gasteiger charge is 2.26. The number of hydrogen-bond donors (Lipinski definition) is 0. The summed E-state index contributed by atoms with van der Waals surface area (Å²) >= 11 is 0. The molecule has 2 aliphatic rings. The van der Waals surface area contributed by atoms with Crippen LogP contribution in [0.25, 0.3) is 72.0 Å². The third kappa shape index (κ3) is 5.95. The number of allylic oxidation sites excluding steroid dienone is 4. The van der Waals surface area contributed by atoms with Crippen LogP contribution in [0.5, 0.6) is 0 Å².